The molecule has 3 aromatic rings. The van der Waals surface area contributed by atoms with Crippen LogP contribution in [0.25, 0.3) is 5.69 Å². The second-order valence-corrected chi connectivity index (χ2v) is 7.82. The van der Waals surface area contributed by atoms with E-state index >= 15 is 0 Å². The molecule has 5 heteroatoms. The monoisotopic (exact) mass is 349 g/mol. The first kappa shape index (κ1) is 18.3. The molecule has 3 rings (SSSR count). The molecule has 0 saturated heterocycles. The Bertz CT molecular complexity index is 831. The lowest BCUT2D eigenvalue weighted by atomic mass is 9.87. The Kier molecular flexibility index (Phi) is 5.18. The van der Waals surface area contributed by atoms with Crippen LogP contribution < -0.4 is 0 Å². The van der Waals surface area contributed by atoms with E-state index in [2.05, 4.69) is 79.4 Å². The molecule has 0 aliphatic rings. The third kappa shape index (κ3) is 3.99. The Morgan fingerprint density at radius 3 is 2.27 bits per heavy atom. The third-order valence-electron chi connectivity index (χ3n) is 4.78. The van der Waals surface area contributed by atoms with Gasteiger partial charge in [-0.25, -0.2) is 0 Å². The van der Waals surface area contributed by atoms with Gasteiger partial charge in [-0.1, -0.05) is 63.2 Å². The molecule has 0 saturated carbocycles. The summed E-state index contributed by atoms with van der Waals surface area (Å²) in [6, 6.07) is 19.0. The summed E-state index contributed by atoms with van der Waals surface area (Å²) in [6.45, 7) is 9.68. The number of hydrogen-bond donors (Lipinski definition) is 0. The molecular weight excluding hydrogens is 322 g/mol. The van der Waals surface area contributed by atoms with E-state index < -0.39 is 0 Å². The highest BCUT2D eigenvalue weighted by molar-refractivity contribution is 5.31. The molecule has 26 heavy (non-hydrogen) atoms. The van der Waals surface area contributed by atoms with E-state index in [4.69, 9.17) is 0 Å². The molecule has 1 atom stereocenters. The van der Waals surface area contributed by atoms with Crippen LogP contribution in [-0.4, -0.2) is 32.2 Å². The maximum Gasteiger partial charge on any atom is 0.173 e. The predicted molar refractivity (Wildman–Crippen MR) is 104 cm³/mol. The smallest absolute Gasteiger partial charge is 0.173 e. The fourth-order valence-electron chi connectivity index (χ4n) is 2.94. The summed E-state index contributed by atoms with van der Waals surface area (Å²) in [5, 5.41) is 12.3. The lowest BCUT2D eigenvalue weighted by molar-refractivity contribution is 0.240. The summed E-state index contributed by atoms with van der Waals surface area (Å²) >= 11 is 0. The Hall–Kier alpha value is -2.53. The highest BCUT2D eigenvalue weighted by Gasteiger charge is 2.20. The average Bonchev–Trinajstić information content (AvgIpc) is 3.11. The molecule has 5 nitrogen and oxygen atoms in total. The summed E-state index contributed by atoms with van der Waals surface area (Å²) < 4.78 is 1.81. The molecular formula is C21H27N5. The van der Waals surface area contributed by atoms with Gasteiger partial charge in [0.15, 0.2) is 5.82 Å². The fourth-order valence-corrected chi connectivity index (χ4v) is 2.94. The van der Waals surface area contributed by atoms with Crippen molar-refractivity contribution in [2.24, 2.45) is 0 Å². The van der Waals surface area contributed by atoms with Crippen LogP contribution in [0.3, 0.4) is 0 Å². The highest BCUT2D eigenvalue weighted by atomic mass is 15.6. The average molecular weight is 349 g/mol. The zero-order chi connectivity index (χ0) is 18.7. The van der Waals surface area contributed by atoms with Gasteiger partial charge in [0.25, 0.3) is 0 Å². The van der Waals surface area contributed by atoms with Gasteiger partial charge in [0.2, 0.25) is 0 Å². The molecule has 0 N–H and O–H groups in total. The number of hydrogen-bond acceptors (Lipinski definition) is 4. The second kappa shape index (κ2) is 7.38. The van der Waals surface area contributed by atoms with E-state index in [1.54, 1.807) is 0 Å². The van der Waals surface area contributed by atoms with Gasteiger partial charge in [0, 0.05) is 6.54 Å². The standard InChI is InChI=1S/C21H27N5/c1-16(20-22-23-24-26(20)19-9-7-6-8-10-19)25(5)15-17-11-13-18(14-12-17)21(2,3)4/h6-14,16H,15H2,1-5H3. The molecule has 136 valence electrons. The summed E-state index contributed by atoms with van der Waals surface area (Å²) in [6.07, 6.45) is 0. The Labute approximate surface area is 155 Å². The van der Waals surface area contributed by atoms with E-state index in [-0.39, 0.29) is 11.5 Å². The van der Waals surface area contributed by atoms with Gasteiger partial charge < -0.3 is 0 Å². The number of tetrazole rings is 1. The minimum Gasteiger partial charge on any atom is -0.292 e. The van der Waals surface area contributed by atoms with Crippen molar-refractivity contribution in [3.05, 3.63) is 71.5 Å². The van der Waals surface area contributed by atoms with E-state index in [0.29, 0.717) is 0 Å². The van der Waals surface area contributed by atoms with Crippen LogP contribution in [0.2, 0.25) is 0 Å². The molecule has 0 fully saturated rings. The second-order valence-electron chi connectivity index (χ2n) is 7.82. The molecule has 0 amide bonds. The SMILES string of the molecule is CC(c1nnnn1-c1ccccc1)N(C)Cc1ccc(C(C)(C)C)cc1. The summed E-state index contributed by atoms with van der Waals surface area (Å²) in [4.78, 5) is 2.26. The van der Waals surface area contributed by atoms with Crippen molar-refractivity contribution in [3.63, 3.8) is 0 Å². The van der Waals surface area contributed by atoms with E-state index in [9.17, 15) is 0 Å². The number of nitrogens with zero attached hydrogens (tertiary/aromatic N) is 5. The van der Waals surface area contributed by atoms with Gasteiger partial charge >= 0.3 is 0 Å². The topological polar surface area (TPSA) is 46.8 Å². The molecule has 0 bridgehead atoms. The van der Waals surface area contributed by atoms with Gasteiger partial charge in [0.05, 0.1) is 11.7 Å². The van der Waals surface area contributed by atoms with Crippen molar-refractivity contribution in [2.45, 2.75) is 45.7 Å². The minimum atomic E-state index is 0.0903. The maximum atomic E-state index is 4.26. The Balaban J connectivity index is 1.75. The molecule has 0 spiro atoms. The third-order valence-corrected chi connectivity index (χ3v) is 4.78. The highest BCUT2D eigenvalue weighted by Crippen LogP contribution is 2.24. The lowest BCUT2D eigenvalue weighted by Gasteiger charge is -2.24. The Morgan fingerprint density at radius 1 is 1.00 bits per heavy atom. The normalized spacial score (nSPS) is 13.2. The minimum absolute atomic E-state index is 0.0903. The first-order valence-electron chi connectivity index (χ1n) is 8.99. The quantitative estimate of drug-likeness (QED) is 0.694. The lowest BCUT2D eigenvalue weighted by Crippen LogP contribution is -2.25. The molecule has 0 aliphatic heterocycles. The Morgan fingerprint density at radius 2 is 1.65 bits per heavy atom. The van der Waals surface area contributed by atoms with Crippen LogP contribution in [0.5, 0.6) is 0 Å². The van der Waals surface area contributed by atoms with Gasteiger partial charge in [-0.05, 0) is 53.1 Å². The van der Waals surface area contributed by atoms with Crippen molar-refractivity contribution >= 4 is 0 Å². The van der Waals surface area contributed by atoms with Crippen LogP contribution in [0, 0.1) is 0 Å². The number of benzene rings is 2. The predicted octanol–water partition coefficient (Wildman–Crippen LogP) is 4.15. The number of rotatable bonds is 5. The van der Waals surface area contributed by atoms with Crippen molar-refractivity contribution in [2.75, 3.05) is 7.05 Å². The summed E-state index contributed by atoms with van der Waals surface area (Å²) in [5.41, 5.74) is 3.79. The summed E-state index contributed by atoms with van der Waals surface area (Å²) in [7, 11) is 2.10. The van der Waals surface area contributed by atoms with Crippen LogP contribution in [0.4, 0.5) is 0 Å². The van der Waals surface area contributed by atoms with Crippen molar-refractivity contribution in [3.8, 4) is 5.69 Å². The van der Waals surface area contributed by atoms with E-state index in [1.165, 1.54) is 11.1 Å². The van der Waals surface area contributed by atoms with Crippen LogP contribution >= 0.6 is 0 Å². The van der Waals surface area contributed by atoms with Crippen LogP contribution in [-0.2, 0) is 12.0 Å². The van der Waals surface area contributed by atoms with Gasteiger partial charge in [-0.3, -0.25) is 4.90 Å². The number of aromatic nitrogens is 4. The van der Waals surface area contributed by atoms with Gasteiger partial charge in [0.1, 0.15) is 0 Å². The first-order valence-corrected chi connectivity index (χ1v) is 8.99. The maximum absolute atomic E-state index is 4.26. The van der Waals surface area contributed by atoms with Crippen molar-refractivity contribution in [1.82, 2.24) is 25.1 Å². The number of para-hydroxylation sites is 1. The first-order chi connectivity index (χ1) is 12.4. The van der Waals surface area contributed by atoms with Crippen molar-refractivity contribution < 1.29 is 0 Å². The molecule has 0 radical (unpaired) electrons. The molecule has 1 unspecified atom stereocenters. The molecule has 0 aliphatic carbocycles. The largest absolute Gasteiger partial charge is 0.292 e. The van der Waals surface area contributed by atoms with Gasteiger partial charge in [-0.2, -0.15) is 4.68 Å². The zero-order valence-electron chi connectivity index (χ0n) is 16.2. The van der Waals surface area contributed by atoms with E-state index in [1.807, 2.05) is 35.0 Å². The van der Waals surface area contributed by atoms with E-state index in [0.717, 1.165) is 18.1 Å². The van der Waals surface area contributed by atoms with Gasteiger partial charge in [-0.15, -0.1) is 5.10 Å². The van der Waals surface area contributed by atoms with Crippen LogP contribution in [0.15, 0.2) is 54.6 Å². The molecule has 1 aromatic heterocycles. The van der Waals surface area contributed by atoms with Crippen LogP contribution in [0.1, 0.15) is 50.7 Å². The fraction of sp³-hybridized carbons (Fsp3) is 0.381. The summed E-state index contributed by atoms with van der Waals surface area (Å²) in [5.74, 6) is 0.838. The van der Waals surface area contributed by atoms with Crippen molar-refractivity contribution in [1.29, 1.82) is 0 Å². The molecule has 1 heterocycles. The zero-order valence-corrected chi connectivity index (χ0v) is 16.2. The molecule has 2 aromatic carbocycles.